The van der Waals surface area contributed by atoms with Crippen molar-refractivity contribution in [2.45, 2.75) is 18.9 Å². The van der Waals surface area contributed by atoms with Crippen LogP contribution in [0.5, 0.6) is 0 Å². The van der Waals surface area contributed by atoms with Crippen molar-refractivity contribution in [3.63, 3.8) is 0 Å². The molecule has 0 spiro atoms. The van der Waals surface area contributed by atoms with Crippen LogP contribution in [0.2, 0.25) is 0 Å². The number of benzene rings is 2. The van der Waals surface area contributed by atoms with Crippen molar-refractivity contribution in [3.8, 4) is 0 Å². The summed E-state index contributed by atoms with van der Waals surface area (Å²) in [4.78, 5) is 20.6. The van der Waals surface area contributed by atoms with Gasteiger partial charge in [-0.3, -0.25) is 4.79 Å². The third-order valence-corrected chi connectivity index (χ3v) is 4.64. The van der Waals surface area contributed by atoms with E-state index in [1.54, 1.807) is 0 Å². The Morgan fingerprint density at radius 3 is 2.76 bits per heavy atom. The van der Waals surface area contributed by atoms with Crippen molar-refractivity contribution in [1.82, 2.24) is 15.3 Å². The molecule has 0 unspecified atom stereocenters. The summed E-state index contributed by atoms with van der Waals surface area (Å²) in [5.41, 5.74) is 3.05. The van der Waals surface area contributed by atoms with Crippen molar-refractivity contribution < 1.29 is 9.53 Å². The molecule has 3 aromatic rings. The van der Waals surface area contributed by atoms with Crippen molar-refractivity contribution >= 4 is 16.9 Å². The Bertz CT molecular complexity index is 821. The minimum Gasteiger partial charge on any atom is -0.381 e. The maximum atomic E-state index is 12.6. The minimum absolute atomic E-state index is 0.0406. The third kappa shape index (κ3) is 3.56. The first-order valence-electron chi connectivity index (χ1n) is 8.66. The number of nitrogens with one attached hydrogen (secondary N) is 2. The van der Waals surface area contributed by atoms with Gasteiger partial charge in [0, 0.05) is 6.61 Å². The predicted octanol–water partition coefficient (Wildman–Crippen LogP) is 3.00. The van der Waals surface area contributed by atoms with Crippen LogP contribution < -0.4 is 5.32 Å². The summed E-state index contributed by atoms with van der Waals surface area (Å²) in [6.07, 6.45) is 1.48. The van der Waals surface area contributed by atoms with Gasteiger partial charge in [0.1, 0.15) is 5.82 Å². The molecule has 5 heteroatoms. The number of para-hydroxylation sites is 2. The second-order valence-corrected chi connectivity index (χ2v) is 6.45. The summed E-state index contributed by atoms with van der Waals surface area (Å²) in [6, 6.07) is 17.9. The van der Waals surface area contributed by atoms with E-state index in [4.69, 9.17) is 4.74 Å². The molecular formula is C20H21N3O2. The van der Waals surface area contributed by atoms with E-state index < -0.39 is 0 Å². The van der Waals surface area contributed by atoms with E-state index in [-0.39, 0.29) is 17.9 Å². The number of hydrogen-bond acceptors (Lipinski definition) is 3. The van der Waals surface area contributed by atoms with Gasteiger partial charge in [-0.15, -0.1) is 0 Å². The molecule has 5 nitrogen and oxygen atoms in total. The number of carbonyl (C=O) groups excluding carboxylic acids is 1. The third-order valence-electron chi connectivity index (χ3n) is 4.64. The van der Waals surface area contributed by atoms with Crippen LogP contribution in [0.4, 0.5) is 0 Å². The normalized spacial score (nSPS) is 18.3. The summed E-state index contributed by atoms with van der Waals surface area (Å²) < 4.78 is 5.35. The van der Waals surface area contributed by atoms with E-state index in [9.17, 15) is 4.79 Å². The molecule has 2 heterocycles. The maximum absolute atomic E-state index is 12.6. The van der Waals surface area contributed by atoms with E-state index >= 15 is 0 Å². The highest BCUT2D eigenvalue weighted by molar-refractivity contribution is 5.80. The number of aromatic amines is 1. The van der Waals surface area contributed by atoms with Crippen LogP contribution in [0.15, 0.2) is 54.6 Å². The minimum atomic E-state index is -0.192. The largest absolute Gasteiger partial charge is 0.381 e. The molecule has 0 saturated carbocycles. The van der Waals surface area contributed by atoms with Crippen LogP contribution in [-0.2, 0) is 16.0 Å². The number of aromatic nitrogens is 2. The van der Waals surface area contributed by atoms with Gasteiger partial charge in [0.05, 0.1) is 29.6 Å². The van der Waals surface area contributed by atoms with E-state index in [0.717, 1.165) is 28.8 Å². The standard InChI is InChI=1S/C20H21N3O2/c24-20(15-10-11-25-13-15)23-18(12-14-6-2-1-3-7-14)19-21-16-8-4-5-9-17(16)22-19/h1-9,15,18H,10-13H2,(H,21,22)(H,23,24)/t15-,18+/m1/s1. The predicted molar refractivity (Wildman–Crippen MR) is 96.0 cm³/mol. The average molecular weight is 335 g/mol. The van der Waals surface area contributed by atoms with Crippen LogP contribution >= 0.6 is 0 Å². The lowest BCUT2D eigenvalue weighted by molar-refractivity contribution is -0.125. The molecule has 2 atom stereocenters. The lowest BCUT2D eigenvalue weighted by Gasteiger charge is -2.19. The van der Waals surface area contributed by atoms with Gasteiger partial charge in [-0.1, -0.05) is 42.5 Å². The highest BCUT2D eigenvalue weighted by atomic mass is 16.5. The average Bonchev–Trinajstić information content (AvgIpc) is 3.31. The lowest BCUT2D eigenvalue weighted by Crippen LogP contribution is -2.35. The topological polar surface area (TPSA) is 67.0 Å². The van der Waals surface area contributed by atoms with Crippen molar-refractivity contribution in [1.29, 1.82) is 0 Å². The van der Waals surface area contributed by atoms with Crippen molar-refractivity contribution in [3.05, 3.63) is 66.0 Å². The fourth-order valence-electron chi connectivity index (χ4n) is 3.23. The van der Waals surface area contributed by atoms with E-state index in [1.807, 2.05) is 42.5 Å². The van der Waals surface area contributed by atoms with Gasteiger partial charge in [0.25, 0.3) is 0 Å². The summed E-state index contributed by atoms with van der Waals surface area (Å²) >= 11 is 0. The van der Waals surface area contributed by atoms with Crippen LogP contribution in [0.3, 0.4) is 0 Å². The molecule has 1 amide bonds. The molecule has 1 fully saturated rings. The molecule has 4 rings (SSSR count). The quantitative estimate of drug-likeness (QED) is 0.753. The molecule has 0 bridgehead atoms. The summed E-state index contributed by atoms with van der Waals surface area (Å²) in [5.74, 6) is 0.763. The SMILES string of the molecule is O=C(N[C@@H](Cc1ccccc1)c1nc2ccccc2[nH]1)[C@@H]1CCOC1. The summed E-state index contributed by atoms with van der Waals surface area (Å²) in [7, 11) is 0. The Labute approximate surface area is 146 Å². The molecule has 0 radical (unpaired) electrons. The number of carbonyl (C=O) groups is 1. The molecular weight excluding hydrogens is 314 g/mol. The molecule has 1 saturated heterocycles. The Morgan fingerprint density at radius 1 is 1.20 bits per heavy atom. The number of imidazole rings is 1. The molecule has 0 aliphatic carbocycles. The smallest absolute Gasteiger partial charge is 0.226 e. The molecule has 1 aliphatic heterocycles. The van der Waals surface area contributed by atoms with Gasteiger partial charge < -0.3 is 15.0 Å². The zero-order valence-electron chi connectivity index (χ0n) is 13.9. The molecule has 25 heavy (non-hydrogen) atoms. The molecule has 1 aromatic heterocycles. The number of hydrogen-bond donors (Lipinski definition) is 2. The van der Waals surface area contributed by atoms with Gasteiger partial charge in [0.15, 0.2) is 0 Å². The van der Waals surface area contributed by atoms with E-state index in [1.165, 1.54) is 0 Å². The van der Waals surface area contributed by atoms with Crippen LogP contribution in [0.25, 0.3) is 11.0 Å². The highest BCUT2D eigenvalue weighted by Crippen LogP contribution is 2.21. The van der Waals surface area contributed by atoms with Gasteiger partial charge in [-0.25, -0.2) is 4.98 Å². The monoisotopic (exact) mass is 335 g/mol. The Kier molecular flexibility index (Phi) is 4.48. The first-order valence-corrected chi connectivity index (χ1v) is 8.66. The van der Waals surface area contributed by atoms with E-state index in [0.29, 0.717) is 19.6 Å². The van der Waals surface area contributed by atoms with Crippen molar-refractivity contribution in [2.24, 2.45) is 5.92 Å². The second-order valence-electron chi connectivity index (χ2n) is 6.45. The first kappa shape index (κ1) is 15.8. The summed E-state index contributed by atoms with van der Waals surface area (Å²) in [5, 5.41) is 3.17. The number of amides is 1. The van der Waals surface area contributed by atoms with Gasteiger partial charge in [-0.05, 0) is 30.5 Å². The number of rotatable bonds is 5. The van der Waals surface area contributed by atoms with Crippen LogP contribution in [-0.4, -0.2) is 29.1 Å². The number of fused-ring (bicyclic) bond motifs is 1. The first-order chi connectivity index (χ1) is 12.3. The molecule has 128 valence electrons. The zero-order valence-corrected chi connectivity index (χ0v) is 13.9. The molecule has 2 aromatic carbocycles. The fourth-order valence-corrected chi connectivity index (χ4v) is 3.23. The maximum Gasteiger partial charge on any atom is 0.226 e. The fraction of sp³-hybridized carbons (Fsp3) is 0.300. The number of H-pyrrole nitrogens is 1. The van der Waals surface area contributed by atoms with Crippen molar-refractivity contribution in [2.75, 3.05) is 13.2 Å². The Balaban J connectivity index is 1.61. The zero-order chi connectivity index (χ0) is 17.1. The molecule has 1 aliphatic rings. The molecule has 2 N–H and O–H groups in total. The van der Waals surface area contributed by atoms with Gasteiger partial charge >= 0.3 is 0 Å². The van der Waals surface area contributed by atoms with Gasteiger partial charge in [0.2, 0.25) is 5.91 Å². The number of nitrogens with zero attached hydrogens (tertiary/aromatic N) is 1. The van der Waals surface area contributed by atoms with Crippen LogP contribution in [0.1, 0.15) is 23.9 Å². The second kappa shape index (κ2) is 7.07. The number of ether oxygens (including phenoxy) is 1. The Hall–Kier alpha value is -2.66. The lowest BCUT2D eigenvalue weighted by atomic mass is 10.0. The highest BCUT2D eigenvalue weighted by Gasteiger charge is 2.27. The van der Waals surface area contributed by atoms with Crippen LogP contribution in [0, 0.1) is 5.92 Å². The summed E-state index contributed by atoms with van der Waals surface area (Å²) in [6.45, 7) is 1.16. The van der Waals surface area contributed by atoms with Gasteiger partial charge in [-0.2, -0.15) is 0 Å². The Morgan fingerprint density at radius 2 is 2.00 bits per heavy atom. The van der Waals surface area contributed by atoms with E-state index in [2.05, 4.69) is 27.4 Å².